The number of halogens is 3. The smallest absolute Gasteiger partial charge is 0.418 e. The Balaban J connectivity index is 2.39. The van der Waals surface area contributed by atoms with Crippen molar-refractivity contribution in [1.29, 1.82) is 0 Å². The van der Waals surface area contributed by atoms with E-state index in [-0.39, 0.29) is 25.1 Å². The van der Waals surface area contributed by atoms with Crippen LogP contribution in [0.25, 0.3) is 0 Å². The second-order valence-corrected chi connectivity index (χ2v) is 4.59. The van der Waals surface area contributed by atoms with E-state index in [9.17, 15) is 22.8 Å². The summed E-state index contributed by atoms with van der Waals surface area (Å²) in [4.78, 5) is 23.7. The molecule has 1 saturated heterocycles. The Labute approximate surface area is 112 Å². The van der Waals surface area contributed by atoms with Crippen molar-refractivity contribution in [3.05, 3.63) is 29.8 Å². The Morgan fingerprint density at radius 3 is 2.55 bits per heavy atom. The first kappa shape index (κ1) is 14.4. The molecular formula is C13H12F3NO3. The molecule has 1 unspecified atom stereocenters. The molecule has 0 spiro atoms. The molecule has 0 saturated carbocycles. The van der Waals surface area contributed by atoms with Crippen LogP contribution >= 0.6 is 0 Å². The van der Waals surface area contributed by atoms with Crippen molar-refractivity contribution in [2.45, 2.75) is 19.0 Å². The number of aliphatic carboxylic acids is 1. The Kier molecular flexibility index (Phi) is 3.69. The number of carbonyl (C=O) groups excluding carboxylic acids is 1. The van der Waals surface area contributed by atoms with E-state index in [1.807, 2.05) is 0 Å². The van der Waals surface area contributed by atoms with E-state index in [1.165, 1.54) is 18.2 Å². The molecule has 7 heteroatoms. The van der Waals surface area contributed by atoms with Crippen LogP contribution in [0.2, 0.25) is 0 Å². The quantitative estimate of drug-likeness (QED) is 0.909. The molecule has 0 radical (unpaired) electrons. The van der Waals surface area contributed by atoms with E-state index in [2.05, 4.69) is 0 Å². The minimum absolute atomic E-state index is 0.0663. The number of carbonyl (C=O) groups is 2. The molecule has 1 aliphatic rings. The standard InChI is InChI=1S/C13H12F3NO3/c14-13(15,16)9-3-1-2-4-10(9)17-7-8(12(19)20)5-6-11(17)18/h1-4,8H,5-7H2,(H,19,20). The van der Waals surface area contributed by atoms with Crippen LogP contribution in [-0.4, -0.2) is 23.5 Å². The summed E-state index contributed by atoms with van der Waals surface area (Å²) in [6.45, 7) is -0.235. The van der Waals surface area contributed by atoms with E-state index in [0.29, 0.717) is 0 Å². The van der Waals surface area contributed by atoms with Gasteiger partial charge in [-0.15, -0.1) is 0 Å². The van der Waals surface area contributed by atoms with Crippen molar-refractivity contribution in [3.8, 4) is 0 Å². The lowest BCUT2D eigenvalue weighted by Gasteiger charge is -2.32. The number of piperidine rings is 1. The third kappa shape index (κ3) is 2.76. The van der Waals surface area contributed by atoms with E-state index in [4.69, 9.17) is 5.11 Å². The molecule has 4 nitrogen and oxygen atoms in total. The normalized spacial score (nSPS) is 20.1. The molecule has 1 N–H and O–H groups in total. The lowest BCUT2D eigenvalue weighted by Crippen LogP contribution is -2.43. The van der Waals surface area contributed by atoms with Gasteiger partial charge in [0.25, 0.3) is 0 Å². The Morgan fingerprint density at radius 2 is 1.95 bits per heavy atom. The van der Waals surface area contributed by atoms with Gasteiger partial charge in [-0.1, -0.05) is 12.1 Å². The molecular weight excluding hydrogens is 275 g/mol. The van der Waals surface area contributed by atoms with Gasteiger partial charge in [0, 0.05) is 13.0 Å². The molecule has 1 amide bonds. The number of anilines is 1. The van der Waals surface area contributed by atoms with Crippen molar-refractivity contribution >= 4 is 17.6 Å². The van der Waals surface area contributed by atoms with Gasteiger partial charge in [-0.05, 0) is 18.6 Å². The fourth-order valence-corrected chi connectivity index (χ4v) is 2.23. The van der Waals surface area contributed by atoms with Gasteiger partial charge in [0.15, 0.2) is 0 Å². The molecule has 0 aliphatic carbocycles. The lowest BCUT2D eigenvalue weighted by molar-refractivity contribution is -0.142. The van der Waals surface area contributed by atoms with Crippen molar-refractivity contribution in [3.63, 3.8) is 0 Å². The monoisotopic (exact) mass is 287 g/mol. The second-order valence-electron chi connectivity index (χ2n) is 4.59. The SMILES string of the molecule is O=C(O)C1CCC(=O)N(c2ccccc2C(F)(F)F)C1. The number of rotatable bonds is 2. The average molecular weight is 287 g/mol. The predicted molar refractivity (Wildman–Crippen MR) is 64.2 cm³/mol. The van der Waals surface area contributed by atoms with E-state index < -0.39 is 29.5 Å². The minimum Gasteiger partial charge on any atom is -0.481 e. The van der Waals surface area contributed by atoms with Gasteiger partial charge in [0.05, 0.1) is 17.2 Å². The van der Waals surface area contributed by atoms with Crippen molar-refractivity contribution < 1.29 is 27.9 Å². The zero-order valence-electron chi connectivity index (χ0n) is 10.4. The molecule has 1 atom stereocenters. The molecule has 2 rings (SSSR count). The molecule has 1 aromatic carbocycles. The summed E-state index contributed by atoms with van der Waals surface area (Å²) < 4.78 is 38.8. The Bertz CT molecular complexity index is 542. The van der Waals surface area contributed by atoms with Gasteiger partial charge in [0.2, 0.25) is 5.91 Å². The topological polar surface area (TPSA) is 57.6 Å². The second kappa shape index (κ2) is 5.15. The molecule has 0 aromatic heterocycles. The molecule has 1 aromatic rings. The highest BCUT2D eigenvalue weighted by molar-refractivity contribution is 5.96. The summed E-state index contributed by atoms with van der Waals surface area (Å²) >= 11 is 0. The zero-order chi connectivity index (χ0) is 14.9. The maximum Gasteiger partial charge on any atom is 0.418 e. The number of nitrogens with zero attached hydrogens (tertiary/aromatic N) is 1. The first-order valence-electron chi connectivity index (χ1n) is 6.00. The van der Waals surface area contributed by atoms with Crippen LogP contribution in [0.4, 0.5) is 18.9 Å². The number of para-hydroxylation sites is 1. The third-order valence-corrected chi connectivity index (χ3v) is 3.26. The summed E-state index contributed by atoms with van der Waals surface area (Å²) in [5.74, 6) is -2.43. The molecule has 1 fully saturated rings. The molecule has 20 heavy (non-hydrogen) atoms. The number of hydrogen-bond acceptors (Lipinski definition) is 2. The summed E-state index contributed by atoms with van der Waals surface area (Å²) in [6, 6.07) is 4.69. The highest BCUT2D eigenvalue weighted by Gasteiger charge is 2.38. The number of carboxylic acid groups (broad SMARTS) is 1. The van der Waals surface area contributed by atoms with Gasteiger partial charge < -0.3 is 10.0 Å². The summed E-state index contributed by atoms with van der Waals surface area (Å²) in [6.07, 6.45) is -4.50. The summed E-state index contributed by atoms with van der Waals surface area (Å²) in [5, 5.41) is 8.96. The summed E-state index contributed by atoms with van der Waals surface area (Å²) in [5.41, 5.74) is -1.21. The number of carboxylic acids is 1. The first-order chi connectivity index (χ1) is 9.30. The van der Waals surface area contributed by atoms with Gasteiger partial charge >= 0.3 is 12.1 Å². The Hall–Kier alpha value is -2.05. The van der Waals surface area contributed by atoms with Crippen molar-refractivity contribution in [2.75, 3.05) is 11.4 Å². The predicted octanol–water partition coefficient (Wildman–Crippen LogP) is 2.53. The van der Waals surface area contributed by atoms with Crippen LogP contribution in [0.1, 0.15) is 18.4 Å². The Morgan fingerprint density at radius 1 is 1.30 bits per heavy atom. The molecule has 0 bridgehead atoms. The van der Waals surface area contributed by atoms with Crippen molar-refractivity contribution in [2.24, 2.45) is 5.92 Å². The molecule has 1 heterocycles. The van der Waals surface area contributed by atoms with Crippen molar-refractivity contribution in [1.82, 2.24) is 0 Å². The van der Waals surface area contributed by atoms with E-state index in [0.717, 1.165) is 11.0 Å². The highest BCUT2D eigenvalue weighted by Crippen LogP contribution is 2.38. The van der Waals surface area contributed by atoms with E-state index >= 15 is 0 Å². The number of amides is 1. The van der Waals surface area contributed by atoms with E-state index in [1.54, 1.807) is 0 Å². The van der Waals surface area contributed by atoms with Gasteiger partial charge in [0.1, 0.15) is 0 Å². The van der Waals surface area contributed by atoms with Gasteiger partial charge in [-0.2, -0.15) is 13.2 Å². The zero-order valence-corrected chi connectivity index (χ0v) is 10.4. The molecule has 1 aliphatic heterocycles. The van der Waals surface area contributed by atoms with Crippen LogP contribution in [0.5, 0.6) is 0 Å². The number of hydrogen-bond donors (Lipinski definition) is 1. The maximum absolute atomic E-state index is 12.9. The average Bonchev–Trinajstić information content (AvgIpc) is 2.38. The fourth-order valence-electron chi connectivity index (χ4n) is 2.23. The van der Waals surface area contributed by atoms with Crippen LogP contribution in [0.15, 0.2) is 24.3 Å². The summed E-state index contributed by atoms with van der Waals surface area (Å²) in [7, 11) is 0. The first-order valence-corrected chi connectivity index (χ1v) is 6.00. The van der Waals surface area contributed by atoms with Gasteiger partial charge in [-0.25, -0.2) is 0 Å². The van der Waals surface area contributed by atoms with Gasteiger partial charge in [-0.3, -0.25) is 9.59 Å². The number of alkyl halides is 3. The lowest BCUT2D eigenvalue weighted by atomic mass is 9.96. The number of benzene rings is 1. The van der Waals surface area contributed by atoms with Crippen LogP contribution in [0, 0.1) is 5.92 Å². The maximum atomic E-state index is 12.9. The fraction of sp³-hybridized carbons (Fsp3) is 0.385. The minimum atomic E-state index is -4.59. The highest BCUT2D eigenvalue weighted by atomic mass is 19.4. The largest absolute Gasteiger partial charge is 0.481 e. The van der Waals surface area contributed by atoms with Crippen LogP contribution in [-0.2, 0) is 15.8 Å². The van der Waals surface area contributed by atoms with Crippen LogP contribution < -0.4 is 4.90 Å². The molecule has 108 valence electrons. The third-order valence-electron chi connectivity index (χ3n) is 3.26. The van der Waals surface area contributed by atoms with Crippen LogP contribution in [0.3, 0.4) is 0 Å².